The molecule has 0 radical (unpaired) electrons. The maximum absolute atomic E-state index is 13.4. The van der Waals surface area contributed by atoms with Crippen LogP contribution >= 0.6 is 0 Å². The number of halogens is 3. The van der Waals surface area contributed by atoms with Gasteiger partial charge < -0.3 is 10.2 Å². The minimum atomic E-state index is -5.01. The summed E-state index contributed by atoms with van der Waals surface area (Å²) in [6, 6.07) is 7.42. The van der Waals surface area contributed by atoms with Gasteiger partial charge in [-0.05, 0) is 25.0 Å². The van der Waals surface area contributed by atoms with Crippen molar-refractivity contribution in [2.45, 2.75) is 26.6 Å². The predicted octanol–water partition coefficient (Wildman–Crippen LogP) is 4.90. The number of nitrogens with zero attached hydrogens (tertiary/aromatic N) is 3. The Labute approximate surface area is 164 Å². The number of nitro groups is 2. The van der Waals surface area contributed by atoms with E-state index in [2.05, 4.69) is 5.32 Å². The highest BCUT2D eigenvalue weighted by Gasteiger charge is 2.43. The summed E-state index contributed by atoms with van der Waals surface area (Å²) in [5.41, 5.74) is -3.12. The van der Waals surface area contributed by atoms with Crippen molar-refractivity contribution in [3.63, 3.8) is 0 Å². The van der Waals surface area contributed by atoms with Gasteiger partial charge in [0.15, 0.2) is 5.69 Å². The summed E-state index contributed by atoms with van der Waals surface area (Å²) < 4.78 is 40.3. The molecule has 0 saturated heterocycles. The van der Waals surface area contributed by atoms with E-state index in [0.717, 1.165) is 18.2 Å². The highest BCUT2D eigenvalue weighted by molar-refractivity contribution is 5.87. The number of benzene rings is 2. The maximum atomic E-state index is 13.4. The summed E-state index contributed by atoms with van der Waals surface area (Å²) >= 11 is 0. The summed E-state index contributed by atoms with van der Waals surface area (Å²) in [6.45, 7) is 3.57. The molecule has 0 spiro atoms. The second kappa shape index (κ2) is 8.33. The number of anilines is 2. The van der Waals surface area contributed by atoms with Crippen molar-refractivity contribution in [2.24, 2.45) is 0 Å². The topological polar surface area (TPSA) is 102 Å². The van der Waals surface area contributed by atoms with E-state index in [1.165, 1.54) is 4.90 Å². The first-order valence-corrected chi connectivity index (χ1v) is 8.57. The number of aryl methyl sites for hydroxylation is 1. The largest absolute Gasteiger partial charge is 0.418 e. The fraction of sp³-hybridized carbons (Fsp3) is 0.333. The van der Waals surface area contributed by atoms with E-state index in [9.17, 15) is 33.4 Å². The van der Waals surface area contributed by atoms with Crippen molar-refractivity contribution in [1.29, 1.82) is 0 Å². The zero-order valence-corrected chi connectivity index (χ0v) is 15.9. The molecule has 156 valence electrons. The molecule has 29 heavy (non-hydrogen) atoms. The van der Waals surface area contributed by atoms with E-state index in [1.807, 2.05) is 0 Å². The Morgan fingerprint density at radius 3 is 2.21 bits per heavy atom. The summed E-state index contributed by atoms with van der Waals surface area (Å²) in [6.07, 6.45) is -5.01. The van der Waals surface area contributed by atoms with E-state index in [4.69, 9.17) is 0 Å². The molecule has 2 rings (SSSR count). The first-order valence-electron chi connectivity index (χ1n) is 8.57. The average molecular weight is 412 g/mol. The maximum Gasteiger partial charge on any atom is 0.418 e. The normalized spacial score (nSPS) is 11.2. The van der Waals surface area contributed by atoms with Gasteiger partial charge in [0.2, 0.25) is 0 Å². The number of hydrogen-bond donors (Lipinski definition) is 1. The van der Waals surface area contributed by atoms with Crippen LogP contribution in [0, 0.1) is 27.2 Å². The predicted molar refractivity (Wildman–Crippen MR) is 102 cm³/mol. The fourth-order valence-electron chi connectivity index (χ4n) is 3.09. The molecule has 11 heteroatoms. The molecule has 0 fully saturated rings. The van der Waals surface area contributed by atoms with Gasteiger partial charge in [-0.1, -0.05) is 24.3 Å². The molecule has 0 unspecified atom stereocenters. The number of rotatable bonds is 7. The Kier molecular flexibility index (Phi) is 6.30. The Bertz CT molecular complexity index is 947. The van der Waals surface area contributed by atoms with Gasteiger partial charge in [-0.25, -0.2) is 0 Å². The molecule has 0 aromatic heterocycles. The standard InChI is InChI=1S/C18H19F3N4O4/c1-4-23(10-12-8-6-5-7-11(12)2)16-14(24(26)27)9-13(18(19,20)21)15(22-3)17(16)25(28)29/h5-9,22H,4,10H2,1-3H3. The monoisotopic (exact) mass is 412 g/mol. The van der Waals surface area contributed by atoms with Gasteiger partial charge in [-0.15, -0.1) is 0 Å². The minimum Gasteiger partial charge on any atom is -0.382 e. The molecule has 8 nitrogen and oxygen atoms in total. The molecule has 0 heterocycles. The van der Waals surface area contributed by atoms with Crippen LogP contribution in [0.5, 0.6) is 0 Å². The molecule has 0 amide bonds. The zero-order chi connectivity index (χ0) is 21.9. The van der Waals surface area contributed by atoms with Crippen LogP contribution in [0.3, 0.4) is 0 Å². The molecule has 0 aliphatic carbocycles. The third kappa shape index (κ3) is 4.39. The molecule has 1 N–H and O–H groups in total. The van der Waals surface area contributed by atoms with Crippen LogP contribution in [0.2, 0.25) is 0 Å². The summed E-state index contributed by atoms with van der Waals surface area (Å²) in [5.74, 6) is 0. The van der Waals surface area contributed by atoms with Crippen molar-refractivity contribution >= 4 is 22.7 Å². The highest BCUT2D eigenvalue weighted by Crippen LogP contribution is 2.49. The molecule has 0 bridgehead atoms. The lowest BCUT2D eigenvalue weighted by atomic mass is 10.0. The van der Waals surface area contributed by atoms with Crippen molar-refractivity contribution in [2.75, 3.05) is 23.8 Å². The molecular formula is C18H19F3N4O4. The van der Waals surface area contributed by atoms with Crippen molar-refractivity contribution in [3.8, 4) is 0 Å². The van der Waals surface area contributed by atoms with Crippen LogP contribution in [0.15, 0.2) is 30.3 Å². The van der Waals surface area contributed by atoms with Gasteiger partial charge in [0.05, 0.1) is 15.4 Å². The van der Waals surface area contributed by atoms with Gasteiger partial charge in [0, 0.05) is 26.2 Å². The molecule has 0 saturated carbocycles. The molecule has 0 aliphatic rings. The van der Waals surface area contributed by atoms with Gasteiger partial charge in [0.25, 0.3) is 5.69 Å². The Hall–Kier alpha value is -3.37. The van der Waals surface area contributed by atoms with E-state index in [0.29, 0.717) is 6.07 Å². The molecule has 0 atom stereocenters. The number of nitro benzene ring substituents is 2. The second-order valence-corrected chi connectivity index (χ2v) is 6.22. The SMILES string of the molecule is CCN(Cc1ccccc1C)c1c([N+](=O)[O-])cc(C(F)(F)F)c(NC)c1[N+](=O)[O-]. The summed E-state index contributed by atoms with van der Waals surface area (Å²) in [7, 11) is 1.10. The second-order valence-electron chi connectivity index (χ2n) is 6.22. The Balaban J connectivity index is 2.84. The summed E-state index contributed by atoms with van der Waals surface area (Å²) in [5, 5.41) is 25.5. The van der Waals surface area contributed by atoms with Crippen molar-refractivity contribution < 1.29 is 23.0 Å². The molecule has 0 aliphatic heterocycles. The smallest absolute Gasteiger partial charge is 0.382 e. The lowest BCUT2D eigenvalue weighted by Crippen LogP contribution is -2.25. The lowest BCUT2D eigenvalue weighted by Gasteiger charge is -2.25. The fourth-order valence-corrected chi connectivity index (χ4v) is 3.09. The first-order chi connectivity index (χ1) is 13.5. The van der Waals surface area contributed by atoms with Gasteiger partial charge in [-0.3, -0.25) is 20.2 Å². The van der Waals surface area contributed by atoms with Crippen molar-refractivity contribution in [1.82, 2.24) is 0 Å². The van der Waals surface area contributed by atoms with Crippen molar-refractivity contribution in [3.05, 3.63) is 67.3 Å². The lowest BCUT2D eigenvalue weighted by molar-refractivity contribution is -0.392. The molecule has 2 aromatic rings. The van der Waals surface area contributed by atoms with E-state index >= 15 is 0 Å². The average Bonchev–Trinajstić information content (AvgIpc) is 2.64. The number of nitrogens with one attached hydrogen (secondary N) is 1. The van der Waals surface area contributed by atoms with Crippen LogP contribution in [0.4, 0.5) is 35.9 Å². The summed E-state index contributed by atoms with van der Waals surface area (Å²) in [4.78, 5) is 22.6. The Morgan fingerprint density at radius 1 is 1.14 bits per heavy atom. The third-order valence-corrected chi connectivity index (χ3v) is 4.51. The minimum absolute atomic E-state index is 0.0549. The van der Waals surface area contributed by atoms with E-state index < -0.39 is 44.3 Å². The Morgan fingerprint density at radius 2 is 1.76 bits per heavy atom. The quantitative estimate of drug-likeness (QED) is 0.513. The van der Waals surface area contributed by atoms with Crippen LogP contribution in [-0.2, 0) is 12.7 Å². The zero-order valence-electron chi connectivity index (χ0n) is 15.9. The van der Waals surface area contributed by atoms with E-state index in [-0.39, 0.29) is 13.1 Å². The van der Waals surface area contributed by atoms with Gasteiger partial charge in [0.1, 0.15) is 5.69 Å². The van der Waals surface area contributed by atoms with Gasteiger partial charge >= 0.3 is 11.9 Å². The van der Waals surface area contributed by atoms with E-state index in [1.54, 1.807) is 38.1 Å². The van der Waals surface area contributed by atoms with Crippen LogP contribution in [-0.4, -0.2) is 23.4 Å². The van der Waals surface area contributed by atoms with Crippen LogP contribution in [0.1, 0.15) is 23.6 Å². The van der Waals surface area contributed by atoms with Crippen LogP contribution in [0.25, 0.3) is 0 Å². The molecule has 2 aromatic carbocycles. The molecular weight excluding hydrogens is 393 g/mol. The third-order valence-electron chi connectivity index (χ3n) is 4.51. The number of hydrogen-bond acceptors (Lipinski definition) is 6. The van der Waals surface area contributed by atoms with Gasteiger partial charge in [-0.2, -0.15) is 13.2 Å². The number of alkyl halides is 3. The highest BCUT2D eigenvalue weighted by atomic mass is 19.4. The first kappa shape index (κ1) is 21.9. The van der Waals surface area contributed by atoms with Crippen LogP contribution < -0.4 is 10.2 Å².